The minimum Gasteiger partial charge on any atom is -0.346 e. The van der Waals surface area contributed by atoms with E-state index in [4.69, 9.17) is 0 Å². The Morgan fingerprint density at radius 3 is 2.85 bits per heavy atom. The van der Waals surface area contributed by atoms with E-state index in [0.717, 1.165) is 25.8 Å². The molecule has 1 unspecified atom stereocenters. The molecule has 1 rings (SSSR count). The van der Waals surface area contributed by atoms with E-state index in [1.807, 2.05) is 11.9 Å². The van der Waals surface area contributed by atoms with E-state index in [9.17, 15) is 4.79 Å². The van der Waals surface area contributed by atoms with Gasteiger partial charge in [0.05, 0.1) is 0 Å². The molecule has 1 atom stereocenters. The van der Waals surface area contributed by atoms with Crippen LogP contribution in [-0.2, 0) is 4.79 Å². The first-order valence-electron chi connectivity index (χ1n) is 5.34. The van der Waals surface area contributed by atoms with Gasteiger partial charge < -0.3 is 4.90 Å². The summed E-state index contributed by atoms with van der Waals surface area (Å²) >= 11 is 0. The zero-order chi connectivity index (χ0) is 9.68. The lowest BCUT2D eigenvalue weighted by molar-refractivity contribution is -0.133. The molecule has 2 nitrogen and oxygen atoms in total. The smallest absolute Gasteiger partial charge is 0.225 e. The summed E-state index contributed by atoms with van der Waals surface area (Å²) in [7, 11) is 1.91. The van der Waals surface area contributed by atoms with Crippen LogP contribution in [0.3, 0.4) is 0 Å². The summed E-state index contributed by atoms with van der Waals surface area (Å²) in [6.45, 7) is 3.00. The van der Waals surface area contributed by atoms with Crippen LogP contribution in [0.25, 0.3) is 0 Å². The molecular formula is C11H20NO. The summed E-state index contributed by atoms with van der Waals surface area (Å²) in [5, 5.41) is 0. The maximum absolute atomic E-state index is 11.8. The van der Waals surface area contributed by atoms with Crippen LogP contribution in [0.4, 0.5) is 0 Å². The van der Waals surface area contributed by atoms with Crippen molar-refractivity contribution < 1.29 is 4.79 Å². The normalized spacial score (nSPS) is 18.6. The van der Waals surface area contributed by atoms with Crippen LogP contribution in [-0.4, -0.2) is 24.4 Å². The number of nitrogens with zero attached hydrogens (tertiary/aromatic N) is 1. The molecule has 1 aliphatic carbocycles. The molecule has 1 fully saturated rings. The van der Waals surface area contributed by atoms with E-state index < -0.39 is 0 Å². The molecule has 1 amide bonds. The molecule has 1 saturated carbocycles. The Balaban J connectivity index is 2.36. The highest BCUT2D eigenvalue weighted by molar-refractivity contribution is 5.79. The fourth-order valence-corrected chi connectivity index (χ4v) is 1.90. The maximum Gasteiger partial charge on any atom is 0.225 e. The van der Waals surface area contributed by atoms with Crippen molar-refractivity contribution in [2.75, 3.05) is 13.6 Å². The zero-order valence-corrected chi connectivity index (χ0v) is 8.75. The summed E-state index contributed by atoms with van der Waals surface area (Å²) in [6.07, 6.45) is 7.91. The van der Waals surface area contributed by atoms with Crippen LogP contribution in [0.1, 0.15) is 39.0 Å². The first kappa shape index (κ1) is 10.6. The van der Waals surface area contributed by atoms with Crippen LogP contribution in [0.5, 0.6) is 0 Å². The van der Waals surface area contributed by atoms with Crippen molar-refractivity contribution in [3.63, 3.8) is 0 Å². The Hall–Kier alpha value is -0.530. The number of amides is 1. The lowest BCUT2D eigenvalue weighted by atomic mass is 9.88. The Kier molecular flexibility index (Phi) is 4.26. The fraction of sp³-hybridized carbons (Fsp3) is 0.818. The van der Waals surface area contributed by atoms with Crippen molar-refractivity contribution in [3.8, 4) is 0 Å². The van der Waals surface area contributed by atoms with Crippen LogP contribution >= 0.6 is 0 Å². The average molecular weight is 182 g/mol. The molecule has 0 bridgehead atoms. The van der Waals surface area contributed by atoms with Crippen molar-refractivity contribution in [3.05, 3.63) is 6.42 Å². The van der Waals surface area contributed by atoms with Crippen LogP contribution < -0.4 is 0 Å². The van der Waals surface area contributed by atoms with Gasteiger partial charge in [0.2, 0.25) is 5.91 Å². The van der Waals surface area contributed by atoms with Gasteiger partial charge in [-0.3, -0.25) is 4.79 Å². The van der Waals surface area contributed by atoms with Gasteiger partial charge in [0.15, 0.2) is 0 Å². The highest BCUT2D eigenvalue weighted by Gasteiger charge is 2.23. The summed E-state index contributed by atoms with van der Waals surface area (Å²) in [6, 6.07) is 0. The predicted molar refractivity (Wildman–Crippen MR) is 54.2 cm³/mol. The third kappa shape index (κ3) is 3.02. The van der Waals surface area contributed by atoms with Gasteiger partial charge in [0.25, 0.3) is 0 Å². The highest BCUT2D eigenvalue weighted by Crippen LogP contribution is 2.24. The fourth-order valence-electron chi connectivity index (χ4n) is 1.90. The second-order valence-corrected chi connectivity index (χ2v) is 3.89. The summed E-state index contributed by atoms with van der Waals surface area (Å²) < 4.78 is 0. The standard InChI is InChI=1S/C11H20NO/c1-3-9-12(2)11(13)10-7-5-4-6-8-10/h7,10H,3-6,8-9H2,1-2H3. The van der Waals surface area contributed by atoms with Gasteiger partial charge in [-0.1, -0.05) is 19.8 Å². The Labute approximate surface area is 81.3 Å². The molecule has 0 N–H and O–H groups in total. The third-order valence-corrected chi connectivity index (χ3v) is 2.67. The van der Waals surface area contributed by atoms with Crippen molar-refractivity contribution >= 4 is 5.91 Å². The molecule has 0 saturated heterocycles. The SMILES string of the molecule is CCCN(C)C(=O)C1[CH]CCCC1. The first-order valence-corrected chi connectivity index (χ1v) is 5.34. The van der Waals surface area contributed by atoms with Crippen molar-refractivity contribution in [1.29, 1.82) is 0 Å². The van der Waals surface area contributed by atoms with Gasteiger partial charge in [-0.05, 0) is 25.7 Å². The van der Waals surface area contributed by atoms with Gasteiger partial charge in [-0.2, -0.15) is 0 Å². The molecule has 0 aliphatic heterocycles. The largest absolute Gasteiger partial charge is 0.346 e. The Morgan fingerprint density at radius 2 is 2.31 bits per heavy atom. The van der Waals surface area contributed by atoms with E-state index in [0.29, 0.717) is 5.91 Å². The van der Waals surface area contributed by atoms with Gasteiger partial charge in [0.1, 0.15) is 0 Å². The quantitative estimate of drug-likeness (QED) is 0.655. The van der Waals surface area contributed by atoms with E-state index in [1.165, 1.54) is 12.8 Å². The lowest BCUT2D eigenvalue weighted by Crippen LogP contribution is -2.34. The van der Waals surface area contributed by atoms with E-state index in [1.54, 1.807) is 0 Å². The molecule has 0 aromatic rings. The second-order valence-electron chi connectivity index (χ2n) is 3.89. The number of hydrogen-bond donors (Lipinski definition) is 0. The van der Waals surface area contributed by atoms with E-state index >= 15 is 0 Å². The third-order valence-electron chi connectivity index (χ3n) is 2.67. The summed E-state index contributed by atoms with van der Waals surface area (Å²) in [4.78, 5) is 13.7. The summed E-state index contributed by atoms with van der Waals surface area (Å²) in [5.74, 6) is 0.534. The highest BCUT2D eigenvalue weighted by atomic mass is 16.2. The number of carbonyl (C=O) groups excluding carboxylic acids is 1. The maximum atomic E-state index is 11.8. The van der Waals surface area contributed by atoms with Crippen molar-refractivity contribution in [2.45, 2.75) is 39.0 Å². The number of carbonyl (C=O) groups is 1. The first-order chi connectivity index (χ1) is 6.25. The van der Waals surface area contributed by atoms with Crippen molar-refractivity contribution in [1.82, 2.24) is 4.90 Å². The molecule has 75 valence electrons. The molecule has 1 radical (unpaired) electrons. The summed E-state index contributed by atoms with van der Waals surface area (Å²) in [5.41, 5.74) is 0. The second kappa shape index (κ2) is 5.25. The van der Waals surface area contributed by atoms with Gasteiger partial charge in [-0.25, -0.2) is 0 Å². The molecule has 13 heavy (non-hydrogen) atoms. The Bertz CT molecular complexity index is 161. The molecular weight excluding hydrogens is 162 g/mol. The average Bonchev–Trinajstić information content (AvgIpc) is 2.18. The van der Waals surface area contributed by atoms with Gasteiger partial charge in [-0.15, -0.1) is 0 Å². The minimum absolute atomic E-state index is 0.213. The molecule has 0 spiro atoms. The zero-order valence-electron chi connectivity index (χ0n) is 8.75. The number of rotatable bonds is 3. The van der Waals surface area contributed by atoms with Crippen molar-refractivity contribution in [2.24, 2.45) is 5.92 Å². The molecule has 0 aromatic carbocycles. The van der Waals surface area contributed by atoms with E-state index in [2.05, 4.69) is 13.3 Å². The predicted octanol–water partition coefficient (Wildman–Crippen LogP) is 2.25. The van der Waals surface area contributed by atoms with Gasteiger partial charge in [0, 0.05) is 19.5 Å². The molecule has 2 heteroatoms. The lowest BCUT2D eigenvalue weighted by Gasteiger charge is -2.25. The number of hydrogen-bond acceptors (Lipinski definition) is 1. The topological polar surface area (TPSA) is 20.3 Å². The van der Waals surface area contributed by atoms with Crippen LogP contribution in [0.15, 0.2) is 0 Å². The minimum atomic E-state index is 0.213. The molecule has 0 heterocycles. The van der Waals surface area contributed by atoms with Crippen LogP contribution in [0, 0.1) is 12.3 Å². The van der Waals surface area contributed by atoms with Crippen LogP contribution in [0.2, 0.25) is 0 Å². The monoisotopic (exact) mass is 182 g/mol. The molecule has 0 aromatic heterocycles. The van der Waals surface area contributed by atoms with Gasteiger partial charge >= 0.3 is 0 Å². The Morgan fingerprint density at radius 1 is 1.54 bits per heavy atom. The van der Waals surface area contributed by atoms with E-state index in [-0.39, 0.29) is 5.92 Å². The molecule has 1 aliphatic rings.